The largest absolute Gasteiger partial charge is 0.329 e. The van der Waals surface area contributed by atoms with Gasteiger partial charge in [-0.1, -0.05) is 6.07 Å². The predicted octanol–water partition coefficient (Wildman–Crippen LogP) is 1.89. The number of H-pyrrole nitrogens is 1. The zero-order valence-electron chi connectivity index (χ0n) is 7.49. The van der Waals surface area contributed by atoms with E-state index in [9.17, 15) is 4.79 Å². The van der Waals surface area contributed by atoms with Gasteiger partial charge in [0.15, 0.2) is 0 Å². The fourth-order valence-electron chi connectivity index (χ4n) is 2.34. The van der Waals surface area contributed by atoms with Gasteiger partial charge in [0.05, 0.1) is 0 Å². The van der Waals surface area contributed by atoms with Crippen LogP contribution in [-0.4, -0.2) is 4.98 Å². The Morgan fingerprint density at radius 2 is 2.23 bits per heavy atom. The molecule has 0 aliphatic heterocycles. The van der Waals surface area contributed by atoms with Crippen molar-refractivity contribution in [2.75, 3.05) is 0 Å². The first-order chi connectivity index (χ1) is 6.36. The first kappa shape index (κ1) is 7.36. The zero-order chi connectivity index (χ0) is 8.84. The second-order valence-electron chi connectivity index (χ2n) is 4.30. The normalized spacial score (nSPS) is 31.7. The summed E-state index contributed by atoms with van der Waals surface area (Å²) < 4.78 is 0. The summed E-state index contributed by atoms with van der Waals surface area (Å²) in [7, 11) is 0. The molecule has 1 aromatic heterocycles. The van der Waals surface area contributed by atoms with Crippen LogP contribution in [0.2, 0.25) is 0 Å². The molecule has 2 heteroatoms. The molecule has 0 radical (unpaired) electrons. The number of hydrogen-bond donors (Lipinski definition) is 1. The van der Waals surface area contributed by atoms with Crippen molar-refractivity contribution in [2.24, 2.45) is 11.8 Å². The Morgan fingerprint density at radius 3 is 2.92 bits per heavy atom. The van der Waals surface area contributed by atoms with E-state index in [4.69, 9.17) is 0 Å². The maximum Gasteiger partial charge on any atom is 0.251 e. The fraction of sp³-hybridized carbons (Fsp3) is 0.545. The van der Waals surface area contributed by atoms with Gasteiger partial charge in [-0.15, -0.1) is 0 Å². The van der Waals surface area contributed by atoms with Crippen LogP contribution < -0.4 is 5.56 Å². The van der Waals surface area contributed by atoms with Gasteiger partial charge in [0.25, 0.3) is 5.56 Å². The molecular weight excluding hydrogens is 162 g/mol. The number of aromatic nitrogens is 1. The van der Waals surface area contributed by atoms with E-state index in [1.807, 2.05) is 12.1 Å². The van der Waals surface area contributed by atoms with Gasteiger partial charge < -0.3 is 4.98 Å². The van der Waals surface area contributed by atoms with Crippen LogP contribution in [0, 0.1) is 11.8 Å². The first-order valence-corrected chi connectivity index (χ1v) is 5.04. The zero-order valence-corrected chi connectivity index (χ0v) is 7.49. The average molecular weight is 175 g/mol. The maximum absolute atomic E-state index is 11.4. The molecule has 2 nitrogen and oxygen atoms in total. The number of pyridine rings is 1. The second-order valence-corrected chi connectivity index (χ2v) is 4.30. The van der Waals surface area contributed by atoms with Gasteiger partial charge in [-0.2, -0.15) is 0 Å². The highest BCUT2D eigenvalue weighted by Gasteiger charge is 2.48. The quantitative estimate of drug-likeness (QED) is 0.731. The topological polar surface area (TPSA) is 32.9 Å². The van der Waals surface area contributed by atoms with Crippen LogP contribution in [-0.2, 0) is 0 Å². The van der Waals surface area contributed by atoms with E-state index in [2.05, 4.69) is 4.98 Å². The summed E-state index contributed by atoms with van der Waals surface area (Å²) in [5.41, 5.74) is 1.13. The highest BCUT2D eigenvalue weighted by atomic mass is 16.1. The molecule has 2 unspecified atom stereocenters. The lowest BCUT2D eigenvalue weighted by Crippen LogP contribution is -2.10. The molecule has 68 valence electrons. The number of aromatic amines is 1. The molecule has 13 heavy (non-hydrogen) atoms. The van der Waals surface area contributed by atoms with Gasteiger partial charge in [0.2, 0.25) is 0 Å². The highest BCUT2D eigenvalue weighted by Crippen LogP contribution is 2.58. The van der Waals surface area contributed by atoms with Crippen LogP contribution in [0.1, 0.15) is 30.7 Å². The maximum atomic E-state index is 11.4. The highest BCUT2D eigenvalue weighted by molar-refractivity contribution is 5.24. The summed E-state index contributed by atoms with van der Waals surface area (Å²) in [5, 5.41) is 0. The lowest BCUT2D eigenvalue weighted by Gasteiger charge is -1.96. The van der Waals surface area contributed by atoms with Gasteiger partial charge >= 0.3 is 0 Å². The summed E-state index contributed by atoms with van der Waals surface area (Å²) in [4.78, 5) is 14.2. The van der Waals surface area contributed by atoms with Crippen molar-refractivity contribution in [1.29, 1.82) is 0 Å². The Balaban J connectivity index is 1.86. The Bertz CT molecular complexity index is 378. The average Bonchev–Trinajstić information content (AvgIpc) is 3.00. The van der Waals surface area contributed by atoms with Crippen LogP contribution in [0.15, 0.2) is 23.1 Å². The van der Waals surface area contributed by atoms with Crippen molar-refractivity contribution in [2.45, 2.75) is 25.2 Å². The molecule has 0 aromatic carbocycles. The molecule has 2 saturated carbocycles. The third-order valence-corrected chi connectivity index (χ3v) is 3.32. The molecule has 0 bridgehead atoms. The molecule has 1 aromatic rings. The Labute approximate surface area is 77.0 Å². The Morgan fingerprint density at radius 1 is 1.38 bits per heavy atom. The van der Waals surface area contributed by atoms with Crippen molar-refractivity contribution >= 4 is 0 Å². The van der Waals surface area contributed by atoms with Crippen molar-refractivity contribution in [3.63, 3.8) is 0 Å². The van der Waals surface area contributed by atoms with E-state index in [0.717, 1.165) is 17.4 Å². The van der Waals surface area contributed by atoms with E-state index < -0.39 is 0 Å². The summed E-state index contributed by atoms with van der Waals surface area (Å²) >= 11 is 0. The van der Waals surface area contributed by atoms with Crippen LogP contribution in [0.25, 0.3) is 0 Å². The van der Waals surface area contributed by atoms with E-state index in [1.165, 1.54) is 19.3 Å². The van der Waals surface area contributed by atoms with Crippen LogP contribution >= 0.6 is 0 Å². The van der Waals surface area contributed by atoms with Gasteiger partial charge in [-0.05, 0) is 43.1 Å². The standard InChI is InChI=1S/C11H13NO/c13-11-8(2-1-5-12-11)10-6-9(10)7-3-4-7/h1-2,5,7,9-10H,3-4,6H2,(H,12,13). The Kier molecular flexibility index (Phi) is 1.40. The summed E-state index contributed by atoms with van der Waals surface area (Å²) in [5.74, 6) is 2.37. The molecule has 1 heterocycles. The number of hydrogen-bond acceptors (Lipinski definition) is 1. The number of nitrogens with one attached hydrogen (secondary N) is 1. The molecule has 0 saturated heterocycles. The van der Waals surface area contributed by atoms with Gasteiger partial charge in [0, 0.05) is 11.8 Å². The molecule has 0 amide bonds. The molecule has 1 N–H and O–H groups in total. The van der Waals surface area contributed by atoms with Crippen LogP contribution in [0.3, 0.4) is 0 Å². The van der Waals surface area contributed by atoms with E-state index in [0.29, 0.717) is 5.92 Å². The monoisotopic (exact) mass is 175 g/mol. The number of rotatable bonds is 2. The lowest BCUT2D eigenvalue weighted by atomic mass is 10.1. The van der Waals surface area contributed by atoms with Crippen molar-refractivity contribution in [3.8, 4) is 0 Å². The lowest BCUT2D eigenvalue weighted by molar-refractivity contribution is 0.688. The molecule has 3 rings (SSSR count). The predicted molar refractivity (Wildman–Crippen MR) is 50.6 cm³/mol. The third-order valence-electron chi connectivity index (χ3n) is 3.32. The molecule has 2 atom stereocenters. The molecule has 2 aliphatic rings. The van der Waals surface area contributed by atoms with Crippen molar-refractivity contribution < 1.29 is 0 Å². The smallest absolute Gasteiger partial charge is 0.251 e. The van der Waals surface area contributed by atoms with Gasteiger partial charge in [-0.3, -0.25) is 4.79 Å². The molecule has 0 spiro atoms. The van der Waals surface area contributed by atoms with E-state index in [-0.39, 0.29) is 5.56 Å². The SMILES string of the molecule is O=c1[nH]cccc1C1CC1C1CC1. The van der Waals surface area contributed by atoms with Gasteiger partial charge in [-0.25, -0.2) is 0 Å². The first-order valence-electron chi connectivity index (χ1n) is 5.04. The fourth-order valence-corrected chi connectivity index (χ4v) is 2.34. The molecular formula is C11H13NO. The van der Waals surface area contributed by atoms with Crippen molar-refractivity contribution in [1.82, 2.24) is 4.98 Å². The summed E-state index contributed by atoms with van der Waals surface area (Å²) in [6.07, 6.45) is 5.75. The molecule has 2 aliphatic carbocycles. The summed E-state index contributed by atoms with van der Waals surface area (Å²) in [6.45, 7) is 0. The molecule has 2 fully saturated rings. The van der Waals surface area contributed by atoms with Crippen LogP contribution in [0.4, 0.5) is 0 Å². The van der Waals surface area contributed by atoms with Crippen LogP contribution in [0.5, 0.6) is 0 Å². The second kappa shape index (κ2) is 2.47. The van der Waals surface area contributed by atoms with Gasteiger partial charge in [0.1, 0.15) is 0 Å². The summed E-state index contributed by atoms with van der Waals surface area (Å²) in [6, 6.07) is 3.91. The van der Waals surface area contributed by atoms with E-state index in [1.54, 1.807) is 6.20 Å². The third kappa shape index (κ3) is 1.21. The minimum atomic E-state index is 0.121. The minimum absolute atomic E-state index is 0.121. The Hall–Kier alpha value is -1.05. The van der Waals surface area contributed by atoms with Crippen molar-refractivity contribution in [3.05, 3.63) is 34.2 Å². The van der Waals surface area contributed by atoms with E-state index >= 15 is 0 Å². The minimum Gasteiger partial charge on any atom is -0.329 e.